The Morgan fingerprint density at radius 2 is 1.45 bits per heavy atom. The molecule has 0 spiro atoms. The quantitative estimate of drug-likeness (QED) is 0.376. The second kappa shape index (κ2) is 9.96. The van der Waals surface area contributed by atoms with Gasteiger partial charge in [-0.2, -0.15) is 0 Å². The minimum atomic E-state index is -0.373. The fraction of sp³-hybridized carbons (Fsp3) is 0.435. The number of aromatic nitrogens is 2. The molecular weight excluding hydrogens is 460 g/mol. The van der Waals surface area contributed by atoms with Crippen LogP contribution in [0.1, 0.15) is 46.1 Å². The summed E-state index contributed by atoms with van der Waals surface area (Å²) in [7, 11) is 0. The molecule has 0 bridgehead atoms. The first-order valence-corrected chi connectivity index (χ1v) is 11.9. The van der Waals surface area contributed by atoms with Gasteiger partial charge in [0.25, 0.3) is 17.4 Å². The smallest absolute Gasteiger partial charge is 0.265 e. The van der Waals surface area contributed by atoms with Gasteiger partial charge >= 0.3 is 0 Å². The van der Waals surface area contributed by atoms with Gasteiger partial charge in [-0.25, -0.2) is 0 Å². The lowest BCUT2D eigenvalue weighted by atomic mass is 10.0. The maximum absolute atomic E-state index is 13.0. The average Bonchev–Trinajstić information content (AvgIpc) is 3.23. The summed E-state index contributed by atoms with van der Waals surface area (Å²) < 4.78 is 3.23. The highest BCUT2D eigenvalue weighted by molar-refractivity contribution is 7.80. The summed E-state index contributed by atoms with van der Waals surface area (Å²) in [5.74, 6) is -0.918. The first kappa shape index (κ1) is 24.8. The predicted molar refractivity (Wildman–Crippen MR) is 133 cm³/mol. The van der Waals surface area contributed by atoms with Crippen LogP contribution in [0.3, 0.4) is 0 Å². The van der Waals surface area contributed by atoms with E-state index in [9.17, 15) is 19.5 Å². The van der Waals surface area contributed by atoms with Crippen LogP contribution in [0.15, 0.2) is 33.7 Å². The molecule has 1 N–H and O–H groups in total. The van der Waals surface area contributed by atoms with Crippen molar-refractivity contribution in [3.05, 3.63) is 49.6 Å². The highest BCUT2D eigenvalue weighted by Crippen LogP contribution is 2.31. The molecule has 1 aliphatic carbocycles. The Balaban J connectivity index is 2.03. The topological polar surface area (TPSA) is 87.8 Å². The number of carbonyl (C=O) groups excluding carboxylic acids is 2. The SMILES string of the molecule is CCN1C(=O)C(=C2C=C(/C=C/c3c(O)n(CC)c(=S)n(CC)c3=O)CC2)C(=O)N(CC)C1=S. The lowest BCUT2D eigenvalue weighted by molar-refractivity contribution is -0.133. The minimum Gasteiger partial charge on any atom is -0.494 e. The number of likely N-dealkylation sites (N-methyl/N-ethyl adjacent to an activating group) is 2. The van der Waals surface area contributed by atoms with Crippen molar-refractivity contribution in [3.8, 4) is 5.88 Å². The lowest BCUT2D eigenvalue weighted by Crippen LogP contribution is -2.56. The summed E-state index contributed by atoms with van der Waals surface area (Å²) >= 11 is 10.6. The number of hydrogen-bond acceptors (Lipinski definition) is 6. The van der Waals surface area contributed by atoms with Gasteiger partial charge < -0.3 is 5.11 Å². The van der Waals surface area contributed by atoms with Crippen molar-refractivity contribution in [2.45, 2.75) is 53.6 Å². The van der Waals surface area contributed by atoms with E-state index in [1.54, 1.807) is 12.2 Å². The Kier molecular flexibility index (Phi) is 7.48. The number of nitrogens with zero attached hydrogens (tertiary/aromatic N) is 4. The van der Waals surface area contributed by atoms with Gasteiger partial charge in [-0.05, 0) is 82.2 Å². The van der Waals surface area contributed by atoms with E-state index in [0.717, 1.165) is 5.57 Å². The van der Waals surface area contributed by atoms with E-state index in [0.29, 0.717) is 44.6 Å². The van der Waals surface area contributed by atoms with Crippen LogP contribution in [0.4, 0.5) is 0 Å². The first-order chi connectivity index (χ1) is 15.7. The fourth-order valence-corrected chi connectivity index (χ4v) is 4.95. The highest BCUT2D eigenvalue weighted by atomic mass is 32.1. The number of carbonyl (C=O) groups is 2. The molecule has 0 radical (unpaired) electrons. The second-order valence-electron chi connectivity index (χ2n) is 7.65. The number of aromatic hydroxyl groups is 1. The maximum atomic E-state index is 13.0. The molecule has 1 aromatic rings. The second-order valence-corrected chi connectivity index (χ2v) is 8.38. The molecule has 0 atom stereocenters. The van der Waals surface area contributed by atoms with Crippen LogP contribution in [0.2, 0.25) is 0 Å². The minimum absolute atomic E-state index is 0.145. The van der Waals surface area contributed by atoms with E-state index in [1.807, 2.05) is 33.8 Å². The highest BCUT2D eigenvalue weighted by Gasteiger charge is 2.39. The molecule has 10 heteroatoms. The summed E-state index contributed by atoms with van der Waals surface area (Å²) in [6, 6.07) is 0. The van der Waals surface area contributed by atoms with Gasteiger partial charge in [0.2, 0.25) is 5.88 Å². The van der Waals surface area contributed by atoms with E-state index < -0.39 is 0 Å². The largest absolute Gasteiger partial charge is 0.494 e. The predicted octanol–water partition coefficient (Wildman–Crippen LogP) is 3.15. The molecule has 0 saturated carbocycles. The molecule has 2 heterocycles. The standard InChI is InChI=1S/C23H28N4O4S2/c1-5-24-18(28)16(19(29)25(6-2)22(24)32)12-10-14-9-11-15(13-14)17-20(30)26(7-3)23(33)27(8-4)21(17)31/h10,12-13,28H,5-9,11H2,1-4H3/b12-10+. The summed E-state index contributed by atoms with van der Waals surface area (Å²) in [6.45, 7) is 8.89. The zero-order valence-electron chi connectivity index (χ0n) is 19.3. The number of allylic oxidation sites excluding steroid dienone is 4. The third-order valence-corrected chi connectivity index (χ3v) is 6.79. The van der Waals surface area contributed by atoms with Crippen molar-refractivity contribution in [2.75, 3.05) is 13.1 Å². The Morgan fingerprint density at radius 1 is 0.879 bits per heavy atom. The summed E-state index contributed by atoms with van der Waals surface area (Å²) in [5, 5.41) is 10.8. The van der Waals surface area contributed by atoms with Crippen LogP contribution in [0.5, 0.6) is 5.88 Å². The van der Waals surface area contributed by atoms with Gasteiger partial charge in [-0.1, -0.05) is 12.2 Å². The first-order valence-electron chi connectivity index (χ1n) is 11.1. The van der Waals surface area contributed by atoms with Gasteiger partial charge in [-0.15, -0.1) is 0 Å². The third-order valence-electron chi connectivity index (χ3n) is 5.91. The molecule has 33 heavy (non-hydrogen) atoms. The van der Waals surface area contributed by atoms with Crippen molar-refractivity contribution < 1.29 is 14.7 Å². The lowest BCUT2D eigenvalue weighted by Gasteiger charge is -2.36. The molecule has 2 aliphatic rings. The van der Waals surface area contributed by atoms with Crippen molar-refractivity contribution in [1.82, 2.24) is 18.9 Å². The third kappa shape index (κ3) is 4.24. The molecule has 0 unspecified atom stereocenters. The Bertz CT molecular complexity index is 1210. The number of rotatable bonds is 6. The number of thiocarbonyl (C=S) groups is 1. The van der Waals surface area contributed by atoms with Crippen molar-refractivity contribution >= 4 is 47.4 Å². The zero-order valence-corrected chi connectivity index (χ0v) is 20.9. The van der Waals surface area contributed by atoms with Crippen LogP contribution in [0.25, 0.3) is 6.08 Å². The Morgan fingerprint density at radius 3 is 1.97 bits per heavy atom. The van der Waals surface area contributed by atoms with Crippen LogP contribution in [-0.4, -0.2) is 54.1 Å². The van der Waals surface area contributed by atoms with Gasteiger partial charge in [-0.3, -0.25) is 33.3 Å². The molecule has 8 nitrogen and oxygen atoms in total. The number of amides is 2. The molecular formula is C23H28N4O4S2. The Hall–Kier alpha value is -2.85. The van der Waals surface area contributed by atoms with Gasteiger partial charge in [0.1, 0.15) is 11.1 Å². The maximum Gasteiger partial charge on any atom is 0.265 e. The molecule has 2 amide bonds. The summed E-state index contributed by atoms with van der Waals surface area (Å²) in [4.78, 5) is 41.6. The molecule has 1 fully saturated rings. The normalized spacial score (nSPS) is 17.1. The fourth-order valence-electron chi connectivity index (χ4n) is 4.10. The summed E-state index contributed by atoms with van der Waals surface area (Å²) in [5.41, 5.74) is 1.44. The monoisotopic (exact) mass is 488 g/mol. The van der Waals surface area contributed by atoms with E-state index in [2.05, 4.69) is 0 Å². The molecule has 0 aromatic carbocycles. The molecule has 1 aromatic heterocycles. The van der Waals surface area contributed by atoms with Gasteiger partial charge in [0, 0.05) is 26.2 Å². The van der Waals surface area contributed by atoms with Crippen molar-refractivity contribution in [3.63, 3.8) is 0 Å². The molecule has 1 saturated heterocycles. The van der Waals surface area contributed by atoms with E-state index in [-0.39, 0.29) is 44.3 Å². The number of hydrogen-bond donors (Lipinski definition) is 1. The molecule has 176 valence electrons. The van der Waals surface area contributed by atoms with Gasteiger partial charge in [0.15, 0.2) is 9.88 Å². The van der Waals surface area contributed by atoms with E-state index in [1.165, 1.54) is 18.9 Å². The van der Waals surface area contributed by atoms with Crippen molar-refractivity contribution in [2.24, 2.45) is 0 Å². The molecule has 1 aliphatic heterocycles. The van der Waals surface area contributed by atoms with E-state index in [4.69, 9.17) is 24.4 Å². The van der Waals surface area contributed by atoms with Crippen LogP contribution >= 0.6 is 24.4 Å². The van der Waals surface area contributed by atoms with Crippen LogP contribution in [-0.2, 0) is 22.7 Å². The zero-order chi connectivity index (χ0) is 24.4. The average molecular weight is 489 g/mol. The van der Waals surface area contributed by atoms with Crippen LogP contribution < -0.4 is 5.56 Å². The van der Waals surface area contributed by atoms with Crippen LogP contribution in [0, 0.1) is 4.77 Å². The van der Waals surface area contributed by atoms with Crippen molar-refractivity contribution in [1.29, 1.82) is 0 Å². The summed E-state index contributed by atoms with van der Waals surface area (Å²) in [6.07, 6.45) is 6.25. The molecule has 3 rings (SSSR count). The van der Waals surface area contributed by atoms with Gasteiger partial charge in [0.05, 0.1) is 0 Å². The Labute approximate surface area is 203 Å². The van der Waals surface area contributed by atoms with E-state index >= 15 is 0 Å².